The second-order valence-corrected chi connectivity index (χ2v) is 5.48. The lowest BCUT2D eigenvalue weighted by Gasteiger charge is -2.29. The fourth-order valence-corrected chi connectivity index (χ4v) is 2.80. The molecule has 1 aliphatic rings. The molecule has 1 aliphatic heterocycles. The van der Waals surface area contributed by atoms with Gasteiger partial charge in [-0.1, -0.05) is 18.2 Å². The third kappa shape index (κ3) is 2.88. The predicted octanol–water partition coefficient (Wildman–Crippen LogP) is 3.02. The van der Waals surface area contributed by atoms with Gasteiger partial charge in [0.2, 0.25) is 5.91 Å². The third-order valence-corrected chi connectivity index (χ3v) is 3.91. The number of para-hydroxylation sites is 2. The van der Waals surface area contributed by atoms with Crippen LogP contribution in [0.3, 0.4) is 0 Å². The van der Waals surface area contributed by atoms with E-state index >= 15 is 0 Å². The molecule has 0 atom stereocenters. The van der Waals surface area contributed by atoms with Crippen molar-refractivity contribution in [3.05, 3.63) is 66.2 Å². The van der Waals surface area contributed by atoms with Crippen molar-refractivity contribution in [2.24, 2.45) is 0 Å². The average Bonchev–Trinajstić information content (AvgIpc) is 2.60. The molecule has 2 aromatic carbocycles. The summed E-state index contributed by atoms with van der Waals surface area (Å²) in [5.41, 5.74) is 2.73. The zero-order chi connectivity index (χ0) is 17.1. The molecule has 2 amide bonds. The molecule has 0 fully saturated rings. The summed E-state index contributed by atoms with van der Waals surface area (Å²) in [4.78, 5) is 26.3. The highest BCUT2D eigenvalue weighted by Crippen LogP contribution is 2.31. The van der Waals surface area contributed by atoms with E-state index in [1.807, 2.05) is 18.2 Å². The molecule has 1 N–H and O–H groups in total. The van der Waals surface area contributed by atoms with Crippen molar-refractivity contribution in [2.75, 3.05) is 23.9 Å². The van der Waals surface area contributed by atoms with Gasteiger partial charge in [-0.25, -0.2) is 0 Å². The summed E-state index contributed by atoms with van der Waals surface area (Å²) in [6, 6.07) is 12.5. The van der Waals surface area contributed by atoms with E-state index in [9.17, 15) is 9.59 Å². The van der Waals surface area contributed by atoms with Gasteiger partial charge in [-0.2, -0.15) is 0 Å². The molecule has 0 unspecified atom stereocenters. The summed E-state index contributed by atoms with van der Waals surface area (Å²) < 4.78 is 5.31. The molecular formula is C19H18N2O3. The Bertz CT molecular complexity index is 814. The Morgan fingerprint density at radius 2 is 2.12 bits per heavy atom. The Morgan fingerprint density at radius 3 is 2.88 bits per heavy atom. The summed E-state index contributed by atoms with van der Waals surface area (Å²) in [5, 5.41) is 2.78. The first kappa shape index (κ1) is 15.8. The molecule has 24 heavy (non-hydrogen) atoms. The van der Waals surface area contributed by atoms with Crippen LogP contribution in [-0.2, 0) is 11.2 Å². The molecule has 1 heterocycles. The quantitative estimate of drug-likeness (QED) is 0.880. The van der Waals surface area contributed by atoms with Crippen LogP contribution in [0.1, 0.15) is 15.9 Å². The van der Waals surface area contributed by atoms with Gasteiger partial charge in [0, 0.05) is 5.56 Å². The van der Waals surface area contributed by atoms with Crippen molar-refractivity contribution in [2.45, 2.75) is 6.42 Å². The first-order valence-corrected chi connectivity index (χ1v) is 7.62. The van der Waals surface area contributed by atoms with Crippen molar-refractivity contribution < 1.29 is 14.3 Å². The number of nitrogens with zero attached hydrogens (tertiary/aromatic N) is 1. The molecule has 0 aromatic heterocycles. The topological polar surface area (TPSA) is 58.6 Å². The Labute approximate surface area is 140 Å². The minimum atomic E-state index is -0.217. The van der Waals surface area contributed by atoms with E-state index in [1.165, 1.54) is 4.90 Å². The molecule has 0 saturated carbocycles. The summed E-state index contributed by atoms with van der Waals surface area (Å²) in [6.07, 6.45) is 2.36. The monoisotopic (exact) mass is 322 g/mol. The summed E-state index contributed by atoms with van der Waals surface area (Å²) in [5.74, 6) is 0.287. The summed E-state index contributed by atoms with van der Waals surface area (Å²) in [6.45, 7) is 3.73. The van der Waals surface area contributed by atoms with E-state index < -0.39 is 0 Å². The number of hydrogen-bond acceptors (Lipinski definition) is 3. The van der Waals surface area contributed by atoms with Crippen LogP contribution in [0.4, 0.5) is 11.4 Å². The Morgan fingerprint density at radius 1 is 1.33 bits per heavy atom. The SMILES string of the molecule is C=CCc1cc(C(=O)N2CC(=O)Nc3ccccc32)ccc1OC. The number of carbonyl (C=O) groups excluding carboxylic acids is 2. The molecule has 0 spiro atoms. The molecule has 5 heteroatoms. The number of amides is 2. The van der Waals surface area contributed by atoms with Crippen LogP contribution in [0, 0.1) is 0 Å². The van der Waals surface area contributed by atoms with Crippen LogP contribution in [0.15, 0.2) is 55.1 Å². The number of carbonyl (C=O) groups is 2. The maximum Gasteiger partial charge on any atom is 0.258 e. The van der Waals surface area contributed by atoms with E-state index in [4.69, 9.17) is 4.74 Å². The van der Waals surface area contributed by atoms with Crippen molar-refractivity contribution in [3.63, 3.8) is 0 Å². The molecule has 3 rings (SSSR count). The van der Waals surface area contributed by atoms with Crippen molar-refractivity contribution in [1.82, 2.24) is 0 Å². The second-order valence-electron chi connectivity index (χ2n) is 5.48. The molecule has 0 saturated heterocycles. The molecule has 2 aromatic rings. The minimum absolute atomic E-state index is 0.00132. The Balaban J connectivity index is 1.99. The lowest BCUT2D eigenvalue weighted by molar-refractivity contribution is -0.115. The number of anilines is 2. The van der Waals surface area contributed by atoms with Crippen LogP contribution in [-0.4, -0.2) is 25.5 Å². The molecule has 0 aliphatic carbocycles. The van der Waals surface area contributed by atoms with E-state index in [0.717, 1.165) is 5.56 Å². The maximum atomic E-state index is 12.9. The van der Waals surface area contributed by atoms with Gasteiger partial charge in [0.05, 0.1) is 18.5 Å². The van der Waals surface area contributed by atoms with Crippen LogP contribution in [0.25, 0.3) is 0 Å². The lowest BCUT2D eigenvalue weighted by atomic mass is 10.0. The Kier molecular flexibility index (Phi) is 4.33. The first-order chi connectivity index (χ1) is 11.6. The van der Waals surface area contributed by atoms with Crippen molar-refractivity contribution >= 4 is 23.2 Å². The van der Waals surface area contributed by atoms with Gasteiger partial charge in [0.25, 0.3) is 5.91 Å². The number of nitrogens with one attached hydrogen (secondary N) is 1. The highest BCUT2D eigenvalue weighted by Gasteiger charge is 2.27. The summed E-state index contributed by atoms with van der Waals surface area (Å²) >= 11 is 0. The van der Waals surface area contributed by atoms with Gasteiger partial charge in [-0.05, 0) is 42.3 Å². The van der Waals surface area contributed by atoms with Crippen LogP contribution >= 0.6 is 0 Å². The number of hydrogen-bond donors (Lipinski definition) is 1. The Hall–Kier alpha value is -3.08. The van der Waals surface area contributed by atoms with Gasteiger partial charge in [0.1, 0.15) is 12.3 Å². The largest absolute Gasteiger partial charge is 0.496 e. The third-order valence-electron chi connectivity index (χ3n) is 3.91. The van der Waals surface area contributed by atoms with Gasteiger partial charge in [-0.15, -0.1) is 6.58 Å². The zero-order valence-corrected chi connectivity index (χ0v) is 13.4. The van der Waals surface area contributed by atoms with Crippen LogP contribution < -0.4 is 15.0 Å². The fraction of sp³-hybridized carbons (Fsp3) is 0.158. The van der Waals surface area contributed by atoms with E-state index in [-0.39, 0.29) is 18.4 Å². The minimum Gasteiger partial charge on any atom is -0.496 e. The molecule has 5 nitrogen and oxygen atoms in total. The van der Waals surface area contributed by atoms with Gasteiger partial charge < -0.3 is 10.1 Å². The average molecular weight is 322 g/mol. The highest BCUT2D eigenvalue weighted by molar-refractivity contribution is 6.15. The van der Waals surface area contributed by atoms with Crippen molar-refractivity contribution in [1.29, 1.82) is 0 Å². The van der Waals surface area contributed by atoms with Gasteiger partial charge >= 0.3 is 0 Å². The van der Waals surface area contributed by atoms with Crippen LogP contribution in [0.2, 0.25) is 0 Å². The standard InChI is InChI=1S/C19H18N2O3/c1-3-6-13-11-14(9-10-17(13)24-2)19(23)21-12-18(22)20-15-7-4-5-8-16(15)21/h3-5,7-11H,1,6,12H2,2H3,(H,20,22). The van der Waals surface area contributed by atoms with Gasteiger partial charge in [-0.3, -0.25) is 14.5 Å². The lowest BCUT2D eigenvalue weighted by Crippen LogP contribution is -2.42. The number of benzene rings is 2. The number of methoxy groups -OCH3 is 1. The zero-order valence-electron chi connectivity index (χ0n) is 13.4. The van der Waals surface area contributed by atoms with Crippen LogP contribution in [0.5, 0.6) is 5.75 Å². The molecular weight excluding hydrogens is 304 g/mol. The number of fused-ring (bicyclic) bond motifs is 1. The van der Waals surface area contributed by atoms with E-state index in [1.54, 1.807) is 37.5 Å². The smallest absolute Gasteiger partial charge is 0.258 e. The fourth-order valence-electron chi connectivity index (χ4n) is 2.80. The molecule has 0 radical (unpaired) electrons. The predicted molar refractivity (Wildman–Crippen MR) is 93.6 cm³/mol. The second kappa shape index (κ2) is 6.58. The first-order valence-electron chi connectivity index (χ1n) is 7.62. The number of allylic oxidation sites excluding steroid dienone is 1. The van der Waals surface area contributed by atoms with Crippen molar-refractivity contribution in [3.8, 4) is 5.75 Å². The normalized spacial score (nSPS) is 13.0. The molecule has 0 bridgehead atoms. The van der Waals surface area contributed by atoms with Gasteiger partial charge in [0.15, 0.2) is 0 Å². The highest BCUT2D eigenvalue weighted by atomic mass is 16.5. The number of rotatable bonds is 4. The van der Waals surface area contributed by atoms with E-state index in [0.29, 0.717) is 29.1 Å². The molecule has 122 valence electrons. The summed E-state index contributed by atoms with van der Waals surface area (Å²) in [7, 11) is 1.59. The number of ether oxygens (including phenoxy) is 1. The maximum absolute atomic E-state index is 12.9. The van der Waals surface area contributed by atoms with E-state index in [2.05, 4.69) is 11.9 Å².